The molecule has 3 aromatic rings. The molecule has 0 saturated carbocycles. The third-order valence-corrected chi connectivity index (χ3v) is 5.13. The first-order valence-corrected chi connectivity index (χ1v) is 11.4. The minimum Gasteiger partial charge on any atom is -0.466 e. The van der Waals surface area contributed by atoms with E-state index in [4.69, 9.17) is 20.9 Å². The quantitative estimate of drug-likeness (QED) is 0.284. The van der Waals surface area contributed by atoms with Crippen LogP contribution in [-0.4, -0.2) is 52.1 Å². The van der Waals surface area contributed by atoms with E-state index < -0.39 is 23.9 Å². The van der Waals surface area contributed by atoms with Crippen molar-refractivity contribution in [2.45, 2.75) is 39.3 Å². The summed E-state index contributed by atoms with van der Waals surface area (Å²) in [6.07, 6.45) is 1.67. The zero-order valence-electron chi connectivity index (χ0n) is 20.1. The second-order valence-electron chi connectivity index (χ2n) is 7.73. The number of rotatable bonds is 11. The Balaban J connectivity index is 1.61. The van der Waals surface area contributed by atoms with Crippen LogP contribution in [0.4, 0.5) is 17.5 Å². The molecule has 1 amide bonds. The molecule has 6 N–H and O–H groups in total. The molecular formula is C24H29N7O5. The van der Waals surface area contributed by atoms with Gasteiger partial charge in [-0.2, -0.15) is 9.97 Å². The average Bonchev–Trinajstić information content (AvgIpc) is 2.85. The Labute approximate surface area is 207 Å². The summed E-state index contributed by atoms with van der Waals surface area (Å²) in [6, 6.07) is 7.68. The summed E-state index contributed by atoms with van der Waals surface area (Å²) in [4.78, 5) is 48.9. The van der Waals surface area contributed by atoms with Crippen LogP contribution in [0.1, 0.15) is 42.6 Å². The fourth-order valence-electron chi connectivity index (χ4n) is 3.36. The van der Waals surface area contributed by atoms with Crippen LogP contribution in [-0.2, 0) is 25.6 Å². The molecule has 0 aliphatic heterocycles. The SMILES string of the molecule is CCOC(=O)CCC(NC(=O)c1ccc(CNc2cnc3nc(N)nc(N)c3c2)cc1)C(=O)OCC. The number of fused-ring (bicyclic) bond motifs is 1. The van der Waals surface area contributed by atoms with Crippen LogP contribution in [0.3, 0.4) is 0 Å². The van der Waals surface area contributed by atoms with Crippen molar-refractivity contribution in [2.75, 3.05) is 30.0 Å². The van der Waals surface area contributed by atoms with Gasteiger partial charge in [-0.3, -0.25) is 9.59 Å². The third-order valence-electron chi connectivity index (χ3n) is 5.13. The summed E-state index contributed by atoms with van der Waals surface area (Å²) >= 11 is 0. The van der Waals surface area contributed by atoms with Crippen molar-refractivity contribution >= 4 is 46.3 Å². The predicted octanol–water partition coefficient (Wildman–Crippen LogP) is 1.81. The van der Waals surface area contributed by atoms with E-state index >= 15 is 0 Å². The van der Waals surface area contributed by atoms with E-state index in [0.29, 0.717) is 28.8 Å². The van der Waals surface area contributed by atoms with Crippen LogP contribution in [0.2, 0.25) is 0 Å². The van der Waals surface area contributed by atoms with Gasteiger partial charge in [0.25, 0.3) is 5.91 Å². The van der Waals surface area contributed by atoms with Crippen molar-refractivity contribution in [2.24, 2.45) is 0 Å². The second kappa shape index (κ2) is 12.3. The highest BCUT2D eigenvalue weighted by molar-refractivity contribution is 5.97. The van der Waals surface area contributed by atoms with Crippen LogP contribution in [0.15, 0.2) is 36.5 Å². The lowest BCUT2D eigenvalue weighted by atomic mass is 10.1. The molecule has 0 bridgehead atoms. The molecule has 36 heavy (non-hydrogen) atoms. The van der Waals surface area contributed by atoms with Gasteiger partial charge in [-0.05, 0) is 44.0 Å². The lowest BCUT2D eigenvalue weighted by molar-refractivity contribution is -0.146. The maximum Gasteiger partial charge on any atom is 0.328 e. The molecule has 0 aliphatic rings. The van der Waals surface area contributed by atoms with Gasteiger partial charge in [0.05, 0.1) is 30.5 Å². The number of amides is 1. The van der Waals surface area contributed by atoms with Crippen LogP contribution in [0.5, 0.6) is 0 Å². The van der Waals surface area contributed by atoms with E-state index in [1.54, 1.807) is 50.4 Å². The number of hydrogen-bond donors (Lipinski definition) is 4. The molecule has 2 heterocycles. The molecule has 1 unspecified atom stereocenters. The Hall–Kier alpha value is -4.48. The normalized spacial score (nSPS) is 11.5. The van der Waals surface area contributed by atoms with Crippen LogP contribution >= 0.6 is 0 Å². The summed E-state index contributed by atoms with van der Waals surface area (Å²) in [5, 5.41) is 6.46. The first-order chi connectivity index (χ1) is 17.3. The van der Waals surface area contributed by atoms with Gasteiger partial charge in [-0.1, -0.05) is 12.1 Å². The fraction of sp³-hybridized carbons (Fsp3) is 0.333. The monoisotopic (exact) mass is 495 g/mol. The number of carbonyl (C=O) groups is 3. The maximum atomic E-state index is 12.7. The minimum atomic E-state index is -0.963. The zero-order valence-corrected chi connectivity index (χ0v) is 20.1. The summed E-state index contributed by atoms with van der Waals surface area (Å²) in [5.74, 6) is -1.20. The Morgan fingerprint density at radius 3 is 2.44 bits per heavy atom. The van der Waals surface area contributed by atoms with Crippen molar-refractivity contribution in [1.29, 1.82) is 0 Å². The number of carbonyl (C=O) groups excluding carboxylic acids is 3. The Morgan fingerprint density at radius 2 is 1.75 bits per heavy atom. The topological polar surface area (TPSA) is 184 Å². The third kappa shape index (κ3) is 7.01. The Bertz CT molecular complexity index is 1230. The molecule has 0 aliphatic carbocycles. The second-order valence-corrected chi connectivity index (χ2v) is 7.73. The number of ether oxygens (including phenoxy) is 2. The fourth-order valence-corrected chi connectivity index (χ4v) is 3.36. The number of benzene rings is 1. The van der Waals surface area contributed by atoms with Gasteiger partial charge in [-0.15, -0.1) is 0 Å². The standard InChI is InChI=1S/C24H29N7O5/c1-3-35-19(32)10-9-18(23(34)36-4-2)29-22(33)15-7-5-14(6-8-15)12-27-16-11-17-20(25)30-24(26)31-21(17)28-13-16/h5-8,11,13,18,27H,3-4,9-10,12H2,1-2H3,(H,29,33)(H4,25,26,28,30,31). The Kier molecular flexibility index (Phi) is 8.92. The summed E-state index contributed by atoms with van der Waals surface area (Å²) < 4.78 is 9.92. The number of nitrogens with two attached hydrogens (primary N) is 2. The van der Waals surface area contributed by atoms with Gasteiger partial charge in [0.15, 0.2) is 5.65 Å². The largest absolute Gasteiger partial charge is 0.466 e. The molecule has 1 atom stereocenters. The highest BCUT2D eigenvalue weighted by atomic mass is 16.5. The van der Waals surface area contributed by atoms with Crippen LogP contribution in [0.25, 0.3) is 11.0 Å². The number of nitrogens with one attached hydrogen (secondary N) is 2. The number of pyridine rings is 1. The van der Waals surface area contributed by atoms with Crippen molar-refractivity contribution in [1.82, 2.24) is 20.3 Å². The van der Waals surface area contributed by atoms with E-state index in [1.807, 2.05) is 0 Å². The first kappa shape index (κ1) is 26.1. The Morgan fingerprint density at radius 1 is 1.03 bits per heavy atom. The van der Waals surface area contributed by atoms with Crippen LogP contribution in [0, 0.1) is 0 Å². The van der Waals surface area contributed by atoms with E-state index in [9.17, 15) is 14.4 Å². The first-order valence-electron chi connectivity index (χ1n) is 11.4. The van der Waals surface area contributed by atoms with E-state index in [-0.39, 0.29) is 37.8 Å². The summed E-state index contributed by atoms with van der Waals surface area (Å²) in [6.45, 7) is 4.22. The molecule has 2 aromatic heterocycles. The average molecular weight is 496 g/mol. The molecular weight excluding hydrogens is 466 g/mol. The molecule has 12 nitrogen and oxygen atoms in total. The van der Waals surface area contributed by atoms with E-state index in [2.05, 4.69) is 25.6 Å². The van der Waals surface area contributed by atoms with Crippen molar-refractivity contribution in [3.05, 3.63) is 47.7 Å². The number of anilines is 3. The zero-order chi connectivity index (χ0) is 26.1. The highest BCUT2D eigenvalue weighted by Gasteiger charge is 2.24. The summed E-state index contributed by atoms with van der Waals surface area (Å²) in [7, 11) is 0. The molecule has 1 aromatic carbocycles. The van der Waals surface area contributed by atoms with Gasteiger partial charge in [0.1, 0.15) is 11.9 Å². The smallest absolute Gasteiger partial charge is 0.328 e. The number of hydrogen-bond acceptors (Lipinski definition) is 11. The van der Waals surface area contributed by atoms with Gasteiger partial charge in [-0.25, -0.2) is 9.78 Å². The molecule has 0 radical (unpaired) electrons. The lowest BCUT2D eigenvalue weighted by Crippen LogP contribution is -2.42. The summed E-state index contributed by atoms with van der Waals surface area (Å²) in [5.41, 5.74) is 13.9. The highest BCUT2D eigenvalue weighted by Crippen LogP contribution is 2.21. The van der Waals surface area contributed by atoms with Crippen molar-refractivity contribution in [3.8, 4) is 0 Å². The van der Waals surface area contributed by atoms with Gasteiger partial charge < -0.3 is 31.6 Å². The molecule has 12 heteroatoms. The minimum absolute atomic E-state index is 0.0169. The maximum absolute atomic E-state index is 12.7. The number of esters is 2. The molecule has 0 fully saturated rings. The number of nitrogen functional groups attached to an aromatic ring is 2. The molecule has 190 valence electrons. The predicted molar refractivity (Wildman–Crippen MR) is 134 cm³/mol. The van der Waals surface area contributed by atoms with Gasteiger partial charge in [0.2, 0.25) is 5.95 Å². The van der Waals surface area contributed by atoms with E-state index in [1.165, 1.54) is 0 Å². The number of nitrogens with zero attached hydrogens (tertiary/aromatic N) is 3. The molecule has 0 spiro atoms. The lowest BCUT2D eigenvalue weighted by Gasteiger charge is -2.17. The molecule has 0 saturated heterocycles. The number of aromatic nitrogens is 3. The molecule has 3 rings (SSSR count). The van der Waals surface area contributed by atoms with Gasteiger partial charge in [0, 0.05) is 18.5 Å². The van der Waals surface area contributed by atoms with Crippen LogP contribution < -0.4 is 22.1 Å². The van der Waals surface area contributed by atoms with Gasteiger partial charge >= 0.3 is 11.9 Å². The van der Waals surface area contributed by atoms with Crippen molar-refractivity contribution in [3.63, 3.8) is 0 Å². The van der Waals surface area contributed by atoms with E-state index in [0.717, 1.165) is 5.56 Å². The van der Waals surface area contributed by atoms with Crippen molar-refractivity contribution < 1.29 is 23.9 Å².